The second-order valence-corrected chi connectivity index (χ2v) is 11.8. The Labute approximate surface area is 267 Å². The van der Waals surface area contributed by atoms with Gasteiger partial charge in [-0.1, -0.05) is 68.6 Å². The fourth-order valence-corrected chi connectivity index (χ4v) is 5.47. The zero-order chi connectivity index (χ0) is 32.6. The van der Waals surface area contributed by atoms with Gasteiger partial charge in [0.2, 0.25) is 6.17 Å². The summed E-state index contributed by atoms with van der Waals surface area (Å²) in [5.41, 5.74) is 4.19. The van der Waals surface area contributed by atoms with E-state index in [4.69, 9.17) is 9.63 Å². The predicted octanol–water partition coefficient (Wildman–Crippen LogP) is 7.30. The first-order valence-electron chi connectivity index (χ1n) is 15.5. The molecule has 1 saturated carbocycles. The molecule has 4 aromatic rings. The number of nitrogens with zero attached hydrogens (tertiary/aromatic N) is 3. The maximum atomic E-state index is 13.8. The number of aliphatic carboxylic acids is 1. The van der Waals surface area contributed by atoms with Crippen molar-refractivity contribution in [2.45, 2.75) is 70.5 Å². The van der Waals surface area contributed by atoms with Crippen molar-refractivity contribution in [3.63, 3.8) is 0 Å². The summed E-state index contributed by atoms with van der Waals surface area (Å²) in [5.74, 6) is -0.629. The van der Waals surface area contributed by atoms with Crippen molar-refractivity contribution < 1.29 is 28.4 Å². The second-order valence-electron chi connectivity index (χ2n) is 11.8. The van der Waals surface area contributed by atoms with E-state index in [0.717, 1.165) is 5.56 Å². The van der Waals surface area contributed by atoms with Crippen LogP contribution in [0.3, 0.4) is 0 Å². The van der Waals surface area contributed by atoms with Crippen molar-refractivity contribution in [3.05, 3.63) is 95.3 Å². The van der Waals surface area contributed by atoms with E-state index in [1.807, 2.05) is 32.0 Å². The maximum absolute atomic E-state index is 13.8. The van der Waals surface area contributed by atoms with E-state index in [9.17, 15) is 18.8 Å². The van der Waals surface area contributed by atoms with E-state index < -0.39 is 24.6 Å². The normalized spacial score (nSPS) is 14.1. The summed E-state index contributed by atoms with van der Waals surface area (Å²) < 4.78 is 18.8. The van der Waals surface area contributed by atoms with Crippen LogP contribution in [0.2, 0.25) is 0 Å². The average molecular weight is 628 g/mol. The van der Waals surface area contributed by atoms with E-state index in [0.29, 0.717) is 34.6 Å². The van der Waals surface area contributed by atoms with Crippen LogP contribution in [-0.2, 0) is 11.3 Å². The minimum absolute atomic E-state index is 0.112. The Hall–Kier alpha value is -5.06. The zero-order valence-electron chi connectivity index (χ0n) is 25.9. The first-order chi connectivity index (χ1) is 22.2. The van der Waals surface area contributed by atoms with Crippen LogP contribution in [0.5, 0.6) is 0 Å². The molecule has 1 aliphatic carbocycles. The molecule has 0 saturated heterocycles. The van der Waals surface area contributed by atoms with E-state index in [1.54, 1.807) is 47.4 Å². The Morgan fingerprint density at radius 2 is 1.72 bits per heavy atom. The molecule has 3 N–H and O–H groups in total. The number of nitrogens with one attached hydrogen (secondary N) is 2. The molecule has 1 heterocycles. The number of carbonyl (C=O) groups excluding carboxylic acids is 2. The van der Waals surface area contributed by atoms with Crippen molar-refractivity contribution in [2.24, 2.45) is 0 Å². The first kappa shape index (κ1) is 32.3. The molecule has 46 heavy (non-hydrogen) atoms. The summed E-state index contributed by atoms with van der Waals surface area (Å²) in [6.07, 6.45) is 3.87. The van der Waals surface area contributed by atoms with Crippen LogP contribution >= 0.6 is 0 Å². The lowest BCUT2D eigenvalue weighted by Crippen LogP contribution is -2.35. The van der Waals surface area contributed by atoms with Gasteiger partial charge in [0.05, 0.1) is 13.1 Å². The first-order valence-corrected chi connectivity index (χ1v) is 15.5. The molecule has 0 aliphatic heterocycles. The Morgan fingerprint density at radius 3 is 2.37 bits per heavy atom. The molecule has 1 atom stereocenters. The minimum Gasteiger partial charge on any atom is -0.479 e. The van der Waals surface area contributed by atoms with Crippen LogP contribution < -0.4 is 15.5 Å². The number of rotatable bonds is 11. The highest BCUT2D eigenvalue weighted by atomic mass is 19.1. The van der Waals surface area contributed by atoms with Gasteiger partial charge in [0.25, 0.3) is 11.8 Å². The van der Waals surface area contributed by atoms with E-state index in [1.165, 1.54) is 37.7 Å². The number of urea groups is 1. The summed E-state index contributed by atoms with van der Waals surface area (Å²) >= 11 is 0. The Balaban J connectivity index is 1.35. The van der Waals surface area contributed by atoms with Crippen molar-refractivity contribution in [2.75, 3.05) is 16.8 Å². The fourth-order valence-electron chi connectivity index (χ4n) is 5.47. The lowest BCUT2D eigenvalue weighted by molar-refractivity contribution is -0.142. The van der Waals surface area contributed by atoms with Gasteiger partial charge in [0.15, 0.2) is 5.82 Å². The molecule has 3 amide bonds. The number of amides is 3. The zero-order valence-corrected chi connectivity index (χ0v) is 25.9. The van der Waals surface area contributed by atoms with Gasteiger partial charge in [-0.25, -0.2) is 14.0 Å². The third kappa shape index (κ3) is 8.15. The summed E-state index contributed by atoms with van der Waals surface area (Å²) in [5, 5.41) is 18.0. The summed E-state index contributed by atoms with van der Waals surface area (Å²) in [6, 6.07) is 21.5. The third-order valence-corrected chi connectivity index (χ3v) is 8.11. The molecule has 1 unspecified atom stereocenters. The number of aromatic nitrogens is 2. The number of benzene rings is 3. The number of carboxylic acids is 1. The van der Waals surface area contributed by atoms with Gasteiger partial charge in [-0.15, -0.1) is 0 Å². The van der Waals surface area contributed by atoms with E-state index >= 15 is 0 Å². The highest BCUT2D eigenvalue weighted by Gasteiger charge is 2.21. The molecule has 5 rings (SSSR count). The quantitative estimate of drug-likeness (QED) is 0.159. The Kier molecular flexibility index (Phi) is 10.4. The molecule has 1 aliphatic rings. The van der Waals surface area contributed by atoms with E-state index in [-0.39, 0.29) is 24.1 Å². The van der Waals surface area contributed by atoms with Gasteiger partial charge in [-0.3, -0.25) is 9.69 Å². The lowest BCUT2D eigenvalue weighted by atomic mass is 9.84. The van der Waals surface area contributed by atoms with Gasteiger partial charge in [0, 0.05) is 28.4 Å². The smallest absolute Gasteiger partial charge is 0.340 e. The Morgan fingerprint density at radius 1 is 1.00 bits per heavy atom. The van der Waals surface area contributed by atoms with Crippen LogP contribution in [-0.4, -0.2) is 45.9 Å². The highest BCUT2D eigenvalue weighted by molar-refractivity contribution is 6.02. The SMILES string of the molecule is CC(C)c1noc(-c2cccc(NC(=O)N(Cc3ccc(C(=O)NCC(F)C(=O)O)cc3)c3ccc(C4CCCCC4)cc3)c2)n1. The molecule has 10 nitrogen and oxygen atoms in total. The predicted molar refractivity (Wildman–Crippen MR) is 173 cm³/mol. The van der Waals surface area contributed by atoms with Gasteiger partial charge in [-0.05, 0) is 72.4 Å². The van der Waals surface area contributed by atoms with Crippen molar-refractivity contribution in [1.82, 2.24) is 15.5 Å². The van der Waals surface area contributed by atoms with Crippen LogP contribution in [0.25, 0.3) is 11.5 Å². The monoisotopic (exact) mass is 627 g/mol. The highest BCUT2D eigenvalue weighted by Crippen LogP contribution is 2.34. The number of carboxylic acid groups (broad SMARTS) is 1. The summed E-state index contributed by atoms with van der Waals surface area (Å²) in [6.45, 7) is 3.52. The molecule has 0 bridgehead atoms. The van der Waals surface area contributed by atoms with E-state index in [2.05, 4.69) is 32.9 Å². The number of hydrogen-bond donors (Lipinski definition) is 3. The number of anilines is 2. The Bertz CT molecular complexity index is 1650. The number of alkyl halides is 1. The largest absolute Gasteiger partial charge is 0.479 e. The molecule has 1 aromatic heterocycles. The molecule has 3 aromatic carbocycles. The fraction of sp³-hybridized carbons (Fsp3) is 0.343. The molecular formula is C35H38FN5O5. The van der Waals surface area contributed by atoms with Gasteiger partial charge in [0.1, 0.15) is 0 Å². The summed E-state index contributed by atoms with van der Waals surface area (Å²) in [4.78, 5) is 43.0. The summed E-state index contributed by atoms with van der Waals surface area (Å²) in [7, 11) is 0. The van der Waals surface area contributed by atoms with Crippen LogP contribution in [0.4, 0.5) is 20.6 Å². The molecule has 1 fully saturated rings. The minimum atomic E-state index is -2.19. The molecule has 240 valence electrons. The van der Waals surface area contributed by atoms with Gasteiger partial charge < -0.3 is 20.3 Å². The molecule has 0 spiro atoms. The van der Waals surface area contributed by atoms with Gasteiger partial charge in [-0.2, -0.15) is 4.98 Å². The molecular weight excluding hydrogens is 589 g/mol. The van der Waals surface area contributed by atoms with Crippen molar-refractivity contribution in [3.8, 4) is 11.5 Å². The second kappa shape index (κ2) is 14.8. The molecule has 0 radical (unpaired) electrons. The average Bonchev–Trinajstić information content (AvgIpc) is 3.58. The standard InChI is InChI=1S/C35H38FN5O5/c1-22(2)31-39-33(46-40-31)27-9-6-10-28(19-27)38-35(45)41(29-17-15-25(16-18-29)24-7-4-3-5-8-24)21-23-11-13-26(14-12-23)32(42)37-20-30(36)34(43)44/h6,9-19,22,24,30H,3-5,7-8,20-21H2,1-2H3,(H,37,42)(H,38,45)(H,43,44). The van der Waals surface area contributed by atoms with Crippen LogP contribution in [0.1, 0.15) is 85.1 Å². The third-order valence-electron chi connectivity index (χ3n) is 8.11. The lowest BCUT2D eigenvalue weighted by Gasteiger charge is -2.26. The number of halogens is 1. The molecule has 11 heteroatoms. The number of hydrogen-bond acceptors (Lipinski definition) is 6. The number of carbonyl (C=O) groups is 3. The maximum Gasteiger partial charge on any atom is 0.340 e. The van der Waals surface area contributed by atoms with Gasteiger partial charge >= 0.3 is 12.0 Å². The van der Waals surface area contributed by atoms with Crippen LogP contribution in [0, 0.1) is 0 Å². The van der Waals surface area contributed by atoms with Crippen molar-refractivity contribution >= 4 is 29.3 Å². The van der Waals surface area contributed by atoms with Crippen molar-refractivity contribution in [1.29, 1.82) is 0 Å². The van der Waals surface area contributed by atoms with Crippen LogP contribution in [0.15, 0.2) is 77.3 Å². The topological polar surface area (TPSA) is 138 Å².